The molecule has 8 nitrogen and oxygen atoms in total. The summed E-state index contributed by atoms with van der Waals surface area (Å²) >= 11 is 0. The van der Waals surface area contributed by atoms with Gasteiger partial charge in [0.2, 0.25) is 5.91 Å². The van der Waals surface area contributed by atoms with Crippen LogP contribution in [0.4, 0.5) is 19.3 Å². The molecule has 2 N–H and O–H groups in total. The third-order valence-corrected chi connectivity index (χ3v) is 7.07. The number of amides is 3. The fraction of sp³-hybridized carbons (Fsp3) is 0.200. The maximum absolute atomic E-state index is 14.0. The van der Waals surface area contributed by atoms with Crippen molar-refractivity contribution in [1.29, 1.82) is 0 Å². The zero-order valence-electron chi connectivity index (χ0n) is 19.2. The molecule has 1 aliphatic rings. The number of nitrogens with one attached hydrogen (secondary N) is 2. The predicted octanol–water partition coefficient (Wildman–Crippen LogP) is 3.16. The maximum atomic E-state index is 14.0. The monoisotopic (exact) mass is 515 g/mol. The smallest absolute Gasteiger partial charge is 0.329 e. The zero-order chi connectivity index (χ0) is 25.9. The number of urea groups is 1. The highest BCUT2D eigenvalue weighted by Crippen LogP contribution is 2.29. The van der Waals surface area contributed by atoms with Crippen LogP contribution < -0.4 is 19.7 Å². The molecule has 0 aliphatic carbocycles. The van der Waals surface area contributed by atoms with Gasteiger partial charge in [0.25, 0.3) is 10.0 Å². The number of fused-ring (bicyclic) bond motifs is 1. The van der Waals surface area contributed by atoms with Gasteiger partial charge in [-0.05, 0) is 41.5 Å². The average molecular weight is 516 g/mol. The first-order valence-corrected chi connectivity index (χ1v) is 12.5. The molecule has 11 heteroatoms. The number of anilines is 1. The second-order valence-electron chi connectivity index (χ2n) is 8.16. The lowest BCUT2D eigenvalue weighted by Crippen LogP contribution is -2.52. The highest BCUT2D eigenvalue weighted by molar-refractivity contribution is 7.90. The van der Waals surface area contributed by atoms with Crippen LogP contribution in [0.5, 0.6) is 5.75 Å². The van der Waals surface area contributed by atoms with Gasteiger partial charge in [0, 0.05) is 25.6 Å². The molecule has 36 heavy (non-hydrogen) atoms. The summed E-state index contributed by atoms with van der Waals surface area (Å²) in [5.74, 6) is -2.49. The van der Waals surface area contributed by atoms with Crippen LogP contribution in [0.2, 0.25) is 0 Å². The zero-order valence-corrected chi connectivity index (χ0v) is 20.0. The Labute approximate surface area is 206 Å². The SMILES string of the molecule is CN(C(=O)[C@H](Cc1ccccc1)NC(=O)NS(=O)(=O)c1c(F)cccc1F)c1ccc2c(c1)CCO2. The summed E-state index contributed by atoms with van der Waals surface area (Å²) in [6.45, 7) is 0.548. The van der Waals surface area contributed by atoms with Crippen molar-refractivity contribution in [3.05, 3.63) is 89.5 Å². The van der Waals surface area contributed by atoms with E-state index in [2.05, 4.69) is 5.32 Å². The van der Waals surface area contributed by atoms with Crippen molar-refractivity contribution >= 4 is 27.6 Å². The third kappa shape index (κ3) is 5.46. The van der Waals surface area contributed by atoms with Crippen molar-refractivity contribution in [2.24, 2.45) is 0 Å². The highest BCUT2D eigenvalue weighted by atomic mass is 32.2. The van der Waals surface area contributed by atoms with Gasteiger partial charge in [0.05, 0.1) is 6.61 Å². The van der Waals surface area contributed by atoms with Crippen molar-refractivity contribution in [2.75, 3.05) is 18.6 Å². The quantitative estimate of drug-likeness (QED) is 0.503. The van der Waals surface area contributed by atoms with Crippen molar-refractivity contribution < 1.29 is 31.5 Å². The number of hydrogen-bond acceptors (Lipinski definition) is 5. The fourth-order valence-electron chi connectivity index (χ4n) is 3.89. The Balaban J connectivity index is 1.56. The molecule has 0 fully saturated rings. The standard InChI is InChI=1S/C25H23F2N3O5S/c1-30(18-10-11-22-17(15-18)12-13-35-22)24(31)21(14-16-6-3-2-4-7-16)28-25(32)29-36(33,34)23-19(26)8-5-9-20(23)27/h2-11,15,21H,12-14H2,1H3,(H2,28,29,32)/t21-/m0/s1. The minimum absolute atomic E-state index is 0.0413. The van der Waals surface area contributed by atoms with E-state index in [1.165, 1.54) is 11.9 Å². The molecule has 3 aromatic carbocycles. The van der Waals surface area contributed by atoms with E-state index in [1.807, 2.05) is 6.07 Å². The molecule has 0 aromatic heterocycles. The summed E-state index contributed by atoms with van der Waals surface area (Å²) in [5.41, 5.74) is 2.20. The number of carbonyl (C=O) groups excluding carboxylic acids is 2. The molecule has 1 heterocycles. The molecule has 0 spiro atoms. The van der Waals surface area contributed by atoms with E-state index in [1.54, 1.807) is 47.2 Å². The van der Waals surface area contributed by atoms with E-state index in [4.69, 9.17) is 4.74 Å². The van der Waals surface area contributed by atoms with E-state index in [0.29, 0.717) is 24.3 Å². The minimum atomic E-state index is -4.90. The van der Waals surface area contributed by atoms with E-state index in [9.17, 15) is 26.8 Å². The van der Waals surface area contributed by atoms with Gasteiger partial charge in [-0.25, -0.2) is 26.7 Å². The van der Waals surface area contributed by atoms with Crippen molar-refractivity contribution in [2.45, 2.75) is 23.8 Å². The summed E-state index contributed by atoms with van der Waals surface area (Å²) in [6.07, 6.45) is 0.739. The second kappa shape index (κ2) is 10.3. The lowest BCUT2D eigenvalue weighted by molar-refractivity contribution is -0.120. The van der Waals surface area contributed by atoms with Crippen molar-refractivity contribution in [3.8, 4) is 5.75 Å². The Morgan fingerprint density at radius 1 is 1.03 bits per heavy atom. The molecule has 0 saturated heterocycles. The minimum Gasteiger partial charge on any atom is -0.493 e. The second-order valence-corrected chi connectivity index (χ2v) is 9.78. The molecule has 1 aliphatic heterocycles. The first-order chi connectivity index (χ1) is 17.2. The molecule has 3 aromatic rings. The van der Waals surface area contributed by atoms with Crippen LogP contribution in [0.25, 0.3) is 0 Å². The van der Waals surface area contributed by atoms with Crippen LogP contribution in [-0.4, -0.2) is 40.1 Å². The number of nitrogens with zero attached hydrogens (tertiary/aromatic N) is 1. The molecule has 1 atom stereocenters. The summed E-state index contributed by atoms with van der Waals surface area (Å²) in [4.78, 5) is 26.1. The number of ether oxygens (including phenoxy) is 1. The first-order valence-electron chi connectivity index (χ1n) is 11.0. The topological polar surface area (TPSA) is 105 Å². The first kappa shape index (κ1) is 25.1. The van der Waals surface area contributed by atoms with Gasteiger partial charge >= 0.3 is 6.03 Å². The number of benzene rings is 3. The summed E-state index contributed by atoms with van der Waals surface area (Å²) in [6, 6.07) is 14.1. The lowest BCUT2D eigenvalue weighted by Gasteiger charge is -2.25. The van der Waals surface area contributed by atoms with Gasteiger partial charge in [-0.1, -0.05) is 36.4 Å². The normalized spacial score (nSPS) is 13.3. The number of carbonyl (C=O) groups is 2. The number of rotatable bonds is 7. The lowest BCUT2D eigenvalue weighted by atomic mass is 10.0. The van der Waals surface area contributed by atoms with Crippen LogP contribution in [0.3, 0.4) is 0 Å². The van der Waals surface area contributed by atoms with Crippen LogP contribution in [0, 0.1) is 11.6 Å². The Hall–Kier alpha value is -3.99. The van der Waals surface area contributed by atoms with Crippen molar-refractivity contribution in [1.82, 2.24) is 10.0 Å². The van der Waals surface area contributed by atoms with E-state index >= 15 is 0 Å². The predicted molar refractivity (Wildman–Crippen MR) is 128 cm³/mol. The van der Waals surface area contributed by atoms with E-state index in [-0.39, 0.29) is 6.42 Å². The number of likely N-dealkylation sites (N-methyl/N-ethyl adjacent to an activating group) is 1. The summed E-state index contributed by atoms with van der Waals surface area (Å²) in [7, 11) is -3.36. The maximum Gasteiger partial charge on any atom is 0.329 e. The third-order valence-electron chi connectivity index (χ3n) is 5.69. The highest BCUT2D eigenvalue weighted by Gasteiger charge is 2.30. The van der Waals surface area contributed by atoms with Gasteiger partial charge in [0.1, 0.15) is 23.4 Å². The van der Waals surface area contributed by atoms with Gasteiger partial charge in [-0.2, -0.15) is 0 Å². The van der Waals surface area contributed by atoms with Gasteiger partial charge < -0.3 is 15.0 Å². The summed E-state index contributed by atoms with van der Waals surface area (Å²) < 4.78 is 60.1. The molecular formula is C25H23F2N3O5S. The van der Waals surface area contributed by atoms with Gasteiger partial charge in [0.15, 0.2) is 4.90 Å². The number of sulfonamides is 1. The van der Waals surface area contributed by atoms with Crippen molar-refractivity contribution in [3.63, 3.8) is 0 Å². The molecule has 0 unspecified atom stereocenters. The molecule has 3 amide bonds. The molecule has 0 saturated carbocycles. The number of hydrogen-bond donors (Lipinski definition) is 2. The Morgan fingerprint density at radius 2 is 1.72 bits per heavy atom. The van der Waals surface area contributed by atoms with Crippen LogP contribution in [0.1, 0.15) is 11.1 Å². The van der Waals surface area contributed by atoms with Crippen LogP contribution in [0.15, 0.2) is 71.6 Å². The largest absolute Gasteiger partial charge is 0.493 e. The Bertz CT molecular complexity index is 1380. The summed E-state index contributed by atoms with van der Waals surface area (Å²) in [5, 5.41) is 2.34. The number of halogens is 2. The van der Waals surface area contributed by atoms with Gasteiger partial charge in [-0.15, -0.1) is 0 Å². The molecule has 0 radical (unpaired) electrons. The fourth-order valence-corrected chi connectivity index (χ4v) is 4.95. The Kier molecular flexibility index (Phi) is 7.20. The molecular weight excluding hydrogens is 492 g/mol. The molecule has 0 bridgehead atoms. The Morgan fingerprint density at radius 3 is 2.42 bits per heavy atom. The van der Waals surface area contributed by atoms with E-state index < -0.39 is 44.5 Å². The van der Waals surface area contributed by atoms with E-state index in [0.717, 1.165) is 29.5 Å². The van der Waals surface area contributed by atoms with Gasteiger partial charge in [-0.3, -0.25) is 4.79 Å². The van der Waals surface area contributed by atoms with Crippen LogP contribution >= 0.6 is 0 Å². The molecule has 4 rings (SSSR count). The average Bonchev–Trinajstić information content (AvgIpc) is 3.30. The molecule has 188 valence electrons. The van der Waals surface area contributed by atoms with Crippen LogP contribution in [-0.2, 0) is 27.7 Å².